The summed E-state index contributed by atoms with van der Waals surface area (Å²) in [6.45, 7) is 16.2. The summed E-state index contributed by atoms with van der Waals surface area (Å²) in [7, 11) is 0. The van der Waals surface area contributed by atoms with Gasteiger partial charge >= 0.3 is 6.09 Å². The van der Waals surface area contributed by atoms with Crippen LogP contribution in [0.1, 0.15) is 37.5 Å². The molecule has 1 N–H and O–H groups in total. The van der Waals surface area contributed by atoms with E-state index in [9.17, 15) is 4.79 Å². The van der Waals surface area contributed by atoms with Crippen molar-refractivity contribution in [2.75, 3.05) is 39.3 Å². The number of carbonyl (C=O) groups is 1. The molecule has 1 heterocycles. The van der Waals surface area contributed by atoms with Crippen LogP contribution in [0, 0.1) is 13.8 Å². The normalized spacial score (nSPS) is 16.1. The fraction of sp³-hybridized carbons (Fsp3) is 0.650. The molecule has 1 saturated heterocycles. The Hall–Kier alpha value is -1.59. The van der Waals surface area contributed by atoms with Crippen LogP contribution in [0.2, 0.25) is 0 Å². The number of carbonyl (C=O) groups excluding carboxylic acids is 1. The van der Waals surface area contributed by atoms with Crippen LogP contribution in [0.3, 0.4) is 0 Å². The molecular weight excluding hydrogens is 314 g/mol. The van der Waals surface area contributed by atoms with Crippen LogP contribution in [-0.2, 0) is 11.3 Å². The maximum Gasteiger partial charge on any atom is 0.410 e. The minimum atomic E-state index is -0.424. The molecule has 0 unspecified atom stereocenters. The van der Waals surface area contributed by atoms with Crippen LogP contribution in [0.15, 0.2) is 18.2 Å². The molecule has 0 radical (unpaired) electrons. The Morgan fingerprint density at radius 2 is 1.68 bits per heavy atom. The second-order valence-electron chi connectivity index (χ2n) is 7.98. The summed E-state index contributed by atoms with van der Waals surface area (Å²) in [6, 6.07) is 6.67. The number of benzene rings is 1. The predicted molar refractivity (Wildman–Crippen MR) is 102 cm³/mol. The molecule has 5 nitrogen and oxygen atoms in total. The molecule has 5 heteroatoms. The van der Waals surface area contributed by atoms with Gasteiger partial charge in [0.1, 0.15) is 5.60 Å². The lowest BCUT2D eigenvalue weighted by atomic mass is 10.1. The van der Waals surface area contributed by atoms with E-state index in [4.69, 9.17) is 4.74 Å². The summed E-state index contributed by atoms with van der Waals surface area (Å²) in [6.07, 6.45) is -0.194. The van der Waals surface area contributed by atoms with E-state index < -0.39 is 5.60 Å². The molecule has 1 aromatic rings. The molecule has 1 aliphatic heterocycles. The number of rotatable bonds is 5. The van der Waals surface area contributed by atoms with Crippen molar-refractivity contribution in [3.63, 3.8) is 0 Å². The van der Waals surface area contributed by atoms with Crippen molar-refractivity contribution < 1.29 is 9.53 Å². The van der Waals surface area contributed by atoms with Gasteiger partial charge in [0.05, 0.1) is 0 Å². The molecule has 0 saturated carbocycles. The molecule has 0 bridgehead atoms. The van der Waals surface area contributed by atoms with Gasteiger partial charge in [0.2, 0.25) is 0 Å². The number of hydrogen-bond acceptors (Lipinski definition) is 4. The van der Waals surface area contributed by atoms with Gasteiger partial charge in [-0.05, 0) is 40.2 Å². The van der Waals surface area contributed by atoms with Crippen LogP contribution in [0.25, 0.3) is 0 Å². The number of nitrogens with one attached hydrogen (secondary N) is 1. The van der Waals surface area contributed by atoms with Gasteiger partial charge in [-0.1, -0.05) is 29.3 Å². The molecule has 25 heavy (non-hydrogen) atoms. The Morgan fingerprint density at radius 3 is 2.24 bits per heavy atom. The molecule has 1 fully saturated rings. The van der Waals surface area contributed by atoms with Crippen molar-refractivity contribution in [2.45, 2.75) is 46.8 Å². The molecule has 1 amide bonds. The highest BCUT2D eigenvalue weighted by molar-refractivity contribution is 5.68. The van der Waals surface area contributed by atoms with Gasteiger partial charge in [-0.3, -0.25) is 4.90 Å². The third-order valence-electron chi connectivity index (χ3n) is 4.24. The second kappa shape index (κ2) is 8.68. The average molecular weight is 348 g/mol. The topological polar surface area (TPSA) is 44.8 Å². The molecular formula is C20H33N3O2. The Labute approximate surface area is 152 Å². The number of amides is 1. The highest BCUT2D eigenvalue weighted by Crippen LogP contribution is 2.12. The third-order valence-corrected chi connectivity index (χ3v) is 4.24. The Morgan fingerprint density at radius 1 is 1.08 bits per heavy atom. The molecule has 1 aromatic carbocycles. The van der Waals surface area contributed by atoms with Gasteiger partial charge in [0.15, 0.2) is 0 Å². The SMILES string of the molecule is Cc1cc(C)cc(CNCCN2CCN(C(=O)OC(C)(C)C)CC2)c1. The summed E-state index contributed by atoms with van der Waals surface area (Å²) in [4.78, 5) is 16.3. The Balaban J connectivity index is 1.64. The van der Waals surface area contributed by atoms with E-state index >= 15 is 0 Å². The van der Waals surface area contributed by atoms with Crippen LogP contribution in [0.5, 0.6) is 0 Å². The predicted octanol–water partition coefficient (Wildman–Crippen LogP) is 2.95. The first kappa shape index (κ1) is 19.7. The molecule has 0 atom stereocenters. The zero-order valence-corrected chi connectivity index (χ0v) is 16.4. The lowest BCUT2D eigenvalue weighted by molar-refractivity contribution is 0.0146. The molecule has 0 spiro atoms. The first-order valence-corrected chi connectivity index (χ1v) is 9.21. The van der Waals surface area contributed by atoms with E-state index in [2.05, 4.69) is 42.3 Å². The van der Waals surface area contributed by atoms with E-state index in [1.807, 2.05) is 25.7 Å². The highest BCUT2D eigenvalue weighted by atomic mass is 16.6. The quantitative estimate of drug-likeness (QED) is 0.832. The van der Waals surface area contributed by atoms with Gasteiger partial charge in [0.25, 0.3) is 0 Å². The van der Waals surface area contributed by atoms with Crippen molar-refractivity contribution in [1.82, 2.24) is 15.1 Å². The maximum absolute atomic E-state index is 12.1. The summed E-state index contributed by atoms with van der Waals surface area (Å²) in [5.74, 6) is 0. The minimum Gasteiger partial charge on any atom is -0.444 e. The van der Waals surface area contributed by atoms with Crippen LogP contribution in [-0.4, -0.2) is 60.8 Å². The zero-order valence-electron chi connectivity index (χ0n) is 16.4. The van der Waals surface area contributed by atoms with Gasteiger partial charge < -0.3 is 15.0 Å². The number of ether oxygens (including phenoxy) is 1. The summed E-state index contributed by atoms with van der Waals surface area (Å²) < 4.78 is 5.44. The van der Waals surface area contributed by atoms with Crippen molar-refractivity contribution in [3.05, 3.63) is 34.9 Å². The van der Waals surface area contributed by atoms with Crippen LogP contribution >= 0.6 is 0 Å². The molecule has 1 aliphatic rings. The fourth-order valence-corrected chi connectivity index (χ4v) is 3.12. The van der Waals surface area contributed by atoms with Gasteiger partial charge in [-0.2, -0.15) is 0 Å². The van der Waals surface area contributed by atoms with Crippen LogP contribution in [0.4, 0.5) is 4.79 Å². The molecule has 140 valence electrons. The Kier molecular flexibility index (Phi) is 6.85. The van der Waals surface area contributed by atoms with Gasteiger partial charge in [-0.25, -0.2) is 4.79 Å². The van der Waals surface area contributed by atoms with Crippen molar-refractivity contribution in [2.24, 2.45) is 0 Å². The summed E-state index contributed by atoms with van der Waals surface area (Å²) in [5.41, 5.74) is 3.55. The lowest BCUT2D eigenvalue weighted by Gasteiger charge is -2.35. The smallest absolute Gasteiger partial charge is 0.410 e. The van der Waals surface area contributed by atoms with E-state index in [0.29, 0.717) is 0 Å². The monoisotopic (exact) mass is 347 g/mol. The largest absolute Gasteiger partial charge is 0.444 e. The summed E-state index contributed by atoms with van der Waals surface area (Å²) in [5, 5.41) is 3.52. The third kappa shape index (κ3) is 7.04. The van der Waals surface area contributed by atoms with E-state index in [0.717, 1.165) is 45.8 Å². The number of nitrogens with zero attached hydrogens (tertiary/aromatic N) is 2. The molecule has 0 aliphatic carbocycles. The number of hydrogen-bond donors (Lipinski definition) is 1. The van der Waals surface area contributed by atoms with Crippen LogP contribution < -0.4 is 5.32 Å². The van der Waals surface area contributed by atoms with E-state index in [1.165, 1.54) is 16.7 Å². The van der Waals surface area contributed by atoms with Crippen molar-refractivity contribution in [1.29, 1.82) is 0 Å². The number of piperazine rings is 1. The van der Waals surface area contributed by atoms with E-state index in [1.54, 1.807) is 0 Å². The molecule has 0 aromatic heterocycles. The maximum atomic E-state index is 12.1. The first-order valence-electron chi connectivity index (χ1n) is 9.21. The number of aryl methyl sites for hydroxylation is 2. The van der Waals surface area contributed by atoms with Crippen molar-refractivity contribution in [3.8, 4) is 0 Å². The summed E-state index contributed by atoms with van der Waals surface area (Å²) >= 11 is 0. The molecule has 2 rings (SSSR count). The van der Waals surface area contributed by atoms with E-state index in [-0.39, 0.29) is 6.09 Å². The fourth-order valence-electron chi connectivity index (χ4n) is 3.12. The zero-order chi connectivity index (χ0) is 18.4. The van der Waals surface area contributed by atoms with Crippen molar-refractivity contribution >= 4 is 6.09 Å². The van der Waals surface area contributed by atoms with Gasteiger partial charge in [0, 0.05) is 45.8 Å². The minimum absolute atomic E-state index is 0.194. The average Bonchev–Trinajstić information content (AvgIpc) is 2.49. The standard InChI is InChI=1S/C20H33N3O2/c1-16-12-17(2)14-18(13-16)15-21-6-7-22-8-10-23(11-9-22)19(24)25-20(3,4)5/h12-14,21H,6-11,15H2,1-5H3. The lowest BCUT2D eigenvalue weighted by Crippen LogP contribution is -2.51. The first-order chi connectivity index (χ1) is 11.7. The van der Waals surface area contributed by atoms with Gasteiger partial charge in [-0.15, -0.1) is 0 Å². The second-order valence-corrected chi connectivity index (χ2v) is 7.98. The Bertz CT molecular complexity index is 553. The highest BCUT2D eigenvalue weighted by Gasteiger charge is 2.25.